The van der Waals surface area contributed by atoms with Crippen molar-refractivity contribution in [1.82, 2.24) is 9.91 Å². The van der Waals surface area contributed by atoms with E-state index in [4.69, 9.17) is 35.6 Å². The highest BCUT2D eigenvalue weighted by Gasteiger charge is 2.36. The fourth-order valence-corrected chi connectivity index (χ4v) is 4.83. The third kappa shape index (κ3) is 5.69. The van der Waals surface area contributed by atoms with Gasteiger partial charge in [-0.2, -0.15) is 5.10 Å². The summed E-state index contributed by atoms with van der Waals surface area (Å²) in [4.78, 5) is 28.7. The molecule has 0 fully saturated rings. The van der Waals surface area contributed by atoms with Gasteiger partial charge in [0.05, 0.1) is 25.5 Å². The van der Waals surface area contributed by atoms with Gasteiger partial charge in [0, 0.05) is 36.2 Å². The number of amides is 2. The van der Waals surface area contributed by atoms with Crippen molar-refractivity contribution in [2.24, 2.45) is 5.10 Å². The number of fused-ring (bicyclic) bond motifs is 1. The molecule has 0 N–H and O–H groups in total. The molecule has 3 aromatic rings. The summed E-state index contributed by atoms with van der Waals surface area (Å²) in [5, 5.41) is 6.71. The van der Waals surface area contributed by atoms with Crippen LogP contribution in [0.2, 0.25) is 5.02 Å². The summed E-state index contributed by atoms with van der Waals surface area (Å²) in [5.74, 6) is 1.27. The molecule has 0 aromatic heterocycles. The lowest BCUT2D eigenvalue weighted by atomic mass is 9.98. The minimum absolute atomic E-state index is 0.148. The smallest absolute Gasteiger partial charge is 0.262 e. The summed E-state index contributed by atoms with van der Waals surface area (Å²) in [6, 6.07) is 19.3. The second-order valence-electron chi connectivity index (χ2n) is 9.05. The van der Waals surface area contributed by atoms with Crippen molar-refractivity contribution in [3.05, 3.63) is 88.4 Å². The number of nitrogens with zero attached hydrogens (tertiary/aromatic N) is 3. The van der Waals surface area contributed by atoms with Gasteiger partial charge < -0.3 is 23.8 Å². The zero-order valence-corrected chi connectivity index (χ0v) is 22.4. The van der Waals surface area contributed by atoms with Gasteiger partial charge in [0.1, 0.15) is 12.3 Å². The number of rotatable bonds is 9. The monoisotopic (exact) mass is 549 g/mol. The molecule has 10 heteroatoms. The van der Waals surface area contributed by atoms with E-state index in [0.29, 0.717) is 40.0 Å². The quantitative estimate of drug-likeness (QED) is 0.389. The molecule has 2 aliphatic heterocycles. The molecule has 0 spiro atoms. The lowest BCUT2D eigenvalue weighted by Crippen LogP contribution is -2.42. The van der Waals surface area contributed by atoms with Crippen molar-refractivity contribution in [3.63, 3.8) is 0 Å². The van der Waals surface area contributed by atoms with Crippen molar-refractivity contribution in [3.8, 4) is 17.2 Å². The normalized spacial score (nSPS) is 15.7. The van der Waals surface area contributed by atoms with E-state index in [2.05, 4.69) is 0 Å². The highest BCUT2D eigenvalue weighted by molar-refractivity contribution is 6.34. The highest BCUT2D eigenvalue weighted by atomic mass is 35.5. The van der Waals surface area contributed by atoms with Gasteiger partial charge in [-0.3, -0.25) is 9.59 Å². The summed E-state index contributed by atoms with van der Waals surface area (Å²) < 4.78 is 21.4. The second-order valence-corrected chi connectivity index (χ2v) is 9.45. The maximum atomic E-state index is 13.8. The van der Waals surface area contributed by atoms with Crippen LogP contribution in [0.3, 0.4) is 0 Å². The van der Waals surface area contributed by atoms with Crippen LogP contribution in [0.15, 0.2) is 71.8 Å². The molecule has 39 heavy (non-hydrogen) atoms. The number of carbonyl (C=O) groups excluding carboxylic acids is 2. The van der Waals surface area contributed by atoms with Crippen LogP contribution >= 0.6 is 11.6 Å². The third-order valence-corrected chi connectivity index (χ3v) is 6.98. The Balaban J connectivity index is 1.44. The number of ether oxygens (including phenoxy) is 4. The van der Waals surface area contributed by atoms with Crippen LogP contribution in [0, 0.1) is 0 Å². The molecule has 1 atom stereocenters. The molecule has 3 aromatic carbocycles. The Morgan fingerprint density at radius 1 is 1.05 bits per heavy atom. The Hall–Kier alpha value is -4.08. The number of hydrazone groups is 1. The molecule has 0 saturated heterocycles. The number of carbonyl (C=O) groups is 2. The predicted molar refractivity (Wildman–Crippen MR) is 146 cm³/mol. The van der Waals surface area contributed by atoms with E-state index in [0.717, 1.165) is 11.1 Å². The van der Waals surface area contributed by atoms with Crippen LogP contribution in [-0.4, -0.2) is 68.1 Å². The Morgan fingerprint density at radius 3 is 2.56 bits per heavy atom. The molecule has 9 nitrogen and oxygen atoms in total. The summed E-state index contributed by atoms with van der Waals surface area (Å²) in [6.45, 7) is 0.468. The van der Waals surface area contributed by atoms with Crippen molar-refractivity contribution in [2.45, 2.75) is 12.5 Å². The van der Waals surface area contributed by atoms with Crippen LogP contribution < -0.4 is 14.2 Å². The first-order chi connectivity index (χ1) is 19.0. The Kier molecular flexibility index (Phi) is 7.99. The highest BCUT2D eigenvalue weighted by Crippen LogP contribution is 2.40. The second kappa shape index (κ2) is 11.8. The molecule has 0 unspecified atom stereocenters. The molecule has 2 amide bonds. The number of hydrogen-bond donors (Lipinski definition) is 0. The average molecular weight is 550 g/mol. The maximum absolute atomic E-state index is 13.8. The first-order valence-corrected chi connectivity index (χ1v) is 12.8. The minimum Gasteiger partial charge on any atom is -0.497 e. The first kappa shape index (κ1) is 26.5. The van der Waals surface area contributed by atoms with Crippen LogP contribution in [0.4, 0.5) is 0 Å². The standard InChI is InChI=1S/C29H28ClN3O6/c1-36-14-13-32(29(35)19-7-10-21(37-2)11-8-19)17-28(34)33-25(20-9-12-26-27(15-20)39-18-38-26)16-24(31-33)22-5-3-4-6-23(22)30/h3-12,15,25H,13-14,16-18H2,1-2H3/t25-/m1/s1. The van der Waals surface area contributed by atoms with E-state index in [1.54, 1.807) is 44.6 Å². The van der Waals surface area contributed by atoms with E-state index in [9.17, 15) is 9.59 Å². The SMILES string of the molecule is COCCN(CC(=O)N1N=C(c2ccccc2Cl)C[C@@H]1c1ccc2c(c1)OCO2)C(=O)c1ccc(OC)cc1. The molecule has 5 rings (SSSR count). The van der Waals surface area contributed by atoms with Gasteiger partial charge in [-0.05, 0) is 48.0 Å². The van der Waals surface area contributed by atoms with Gasteiger partial charge in [0.15, 0.2) is 11.5 Å². The van der Waals surface area contributed by atoms with Gasteiger partial charge in [0.25, 0.3) is 11.8 Å². The summed E-state index contributed by atoms with van der Waals surface area (Å²) in [5.41, 5.74) is 2.71. The van der Waals surface area contributed by atoms with Crippen LogP contribution in [0.1, 0.15) is 33.9 Å². The van der Waals surface area contributed by atoms with E-state index < -0.39 is 6.04 Å². The minimum atomic E-state index is -0.418. The molecular weight excluding hydrogens is 522 g/mol. The van der Waals surface area contributed by atoms with Crippen LogP contribution in [0.5, 0.6) is 17.2 Å². The van der Waals surface area contributed by atoms with Gasteiger partial charge in [0.2, 0.25) is 6.79 Å². The largest absolute Gasteiger partial charge is 0.497 e. The topological polar surface area (TPSA) is 89.9 Å². The van der Waals surface area contributed by atoms with Gasteiger partial charge in [-0.25, -0.2) is 5.01 Å². The maximum Gasteiger partial charge on any atom is 0.262 e. The summed E-state index contributed by atoms with van der Waals surface area (Å²) in [6.07, 6.45) is 0.444. The predicted octanol–water partition coefficient (Wildman–Crippen LogP) is 4.54. The van der Waals surface area contributed by atoms with Gasteiger partial charge in [-0.15, -0.1) is 0 Å². The first-order valence-electron chi connectivity index (χ1n) is 12.4. The fraction of sp³-hybridized carbons (Fsp3) is 0.276. The molecule has 0 aliphatic carbocycles. The number of benzene rings is 3. The molecule has 2 heterocycles. The van der Waals surface area contributed by atoms with E-state index >= 15 is 0 Å². The third-order valence-electron chi connectivity index (χ3n) is 6.65. The number of methoxy groups -OCH3 is 2. The lowest BCUT2D eigenvalue weighted by Gasteiger charge is -2.27. The molecule has 0 radical (unpaired) electrons. The molecule has 0 saturated carbocycles. The molecule has 2 aliphatic rings. The van der Waals surface area contributed by atoms with Crippen molar-refractivity contribution in [2.75, 3.05) is 40.7 Å². The number of halogens is 1. The van der Waals surface area contributed by atoms with Crippen molar-refractivity contribution >= 4 is 29.1 Å². The van der Waals surface area contributed by atoms with Gasteiger partial charge in [-0.1, -0.05) is 35.9 Å². The van der Waals surface area contributed by atoms with E-state index in [1.165, 1.54) is 9.91 Å². The summed E-state index contributed by atoms with van der Waals surface area (Å²) >= 11 is 6.48. The zero-order valence-electron chi connectivity index (χ0n) is 21.6. The van der Waals surface area contributed by atoms with Crippen LogP contribution in [0.25, 0.3) is 0 Å². The molecular formula is C29H28ClN3O6. The fourth-order valence-electron chi connectivity index (χ4n) is 4.58. The lowest BCUT2D eigenvalue weighted by molar-refractivity contribution is -0.133. The number of hydrogen-bond acceptors (Lipinski definition) is 7. The average Bonchev–Trinajstić information content (AvgIpc) is 3.62. The Bertz CT molecular complexity index is 1390. The zero-order chi connectivity index (χ0) is 27.4. The molecule has 0 bridgehead atoms. The van der Waals surface area contributed by atoms with Crippen molar-refractivity contribution < 1.29 is 28.5 Å². The van der Waals surface area contributed by atoms with Crippen molar-refractivity contribution in [1.29, 1.82) is 0 Å². The Morgan fingerprint density at radius 2 is 1.82 bits per heavy atom. The van der Waals surface area contributed by atoms with Gasteiger partial charge >= 0.3 is 0 Å². The Labute approximate surface area is 231 Å². The van der Waals surface area contributed by atoms with E-state index in [1.807, 2.05) is 36.4 Å². The van der Waals surface area contributed by atoms with Crippen LogP contribution in [-0.2, 0) is 9.53 Å². The molecule has 202 valence electrons. The summed E-state index contributed by atoms with van der Waals surface area (Å²) in [7, 11) is 3.11. The van der Waals surface area contributed by atoms with E-state index in [-0.39, 0.29) is 38.3 Å².